The maximum Gasteiger partial charge on any atom is 0.0972 e. The second kappa shape index (κ2) is 6.65. The standard InChI is InChI=1S/C10H18N2/c1-5-7-8-9(3)12-10(4)11-6-2/h5,7-8H,6H2,1-4H3,(H,11,12)/b7-5+,9-8-. The van der Waals surface area contributed by atoms with Crippen LogP contribution in [-0.4, -0.2) is 12.4 Å². The van der Waals surface area contributed by atoms with Crippen LogP contribution < -0.4 is 5.32 Å². The van der Waals surface area contributed by atoms with Crippen molar-refractivity contribution in [3.63, 3.8) is 0 Å². The molecule has 0 aromatic rings. The van der Waals surface area contributed by atoms with E-state index in [0.29, 0.717) is 0 Å². The molecular formula is C10H18N2. The molecule has 1 N–H and O–H groups in total. The molecular weight excluding hydrogens is 148 g/mol. The van der Waals surface area contributed by atoms with Crippen molar-refractivity contribution in [1.82, 2.24) is 5.32 Å². The molecule has 0 aliphatic rings. The van der Waals surface area contributed by atoms with Gasteiger partial charge in [-0.25, -0.2) is 0 Å². The number of nitrogens with zero attached hydrogens (tertiary/aromatic N) is 1. The lowest BCUT2D eigenvalue weighted by Crippen LogP contribution is -2.17. The van der Waals surface area contributed by atoms with E-state index in [2.05, 4.69) is 10.3 Å². The van der Waals surface area contributed by atoms with Crippen LogP contribution in [0.1, 0.15) is 27.7 Å². The van der Waals surface area contributed by atoms with Crippen molar-refractivity contribution >= 4 is 5.84 Å². The van der Waals surface area contributed by atoms with Gasteiger partial charge in [-0.1, -0.05) is 12.2 Å². The van der Waals surface area contributed by atoms with Gasteiger partial charge in [0.25, 0.3) is 0 Å². The molecule has 12 heavy (non-hydrogen) atoms. The summed E-state index contributed by atoms with van der Waals surface area (Å²) in [6.07, 6.45) is 6.02. The Labute approximate surface area is 75.1 Å². The summed E-state index contributed by atoms with van der Waals surface area (Å²) >= 11 is 0. The molecule has 0 saturated heterocycles. The average molecular weight is 166 g/mol. The first-order valence-corrected chi connectivity index (χ1v) is 4.28. The third-order valence-electron chi connectivity index (χ3n) is 1.31. The van der Waals surface area contributed by atoms with E-state index in [1.807, 2.05) is 45.9 Å². The third-order valence-corrected chi connectivity index (χ3v) is 1.31. The molecule has 2 nitrogen and oxygen atoms in total. The highest BCUT2D eigenvalue weighted by atomic mass is 15.0. The quantitative estimate of drug-likeness (QED) is 0.389. The molecule has 0 fully saturated rings. The highest BCUT2D eigenvalue weighted by molar-refractivity contribution is 5.81. The van der Waals surface area contributed by atoms with Gasteiger partial charge in [-0.15, -0.1) is 0 Å². The largest absolute Gasteiger partial charge is 0.348 e. The van der Waals surface area contributed by atoms with Gasteiger partial charge in [-0.3, -0.25) is 4.99 Å². The summed E-state index contributed by atoms with van der Waals surface area (Å²) in [6, 6.07) is 0. The van der Waals surface area contributed by atoms with Gasteiger partial charge in [0, 0.05) is 12.2 Å². The first-order chi connectivity index (χ1) is 5.70. The summed E-state index contributed by atoms with van der Waals surface area (Å²) in [5.41, 5.74) is 1.11. The second-order valence-corrected chi connectivity index (χ2v) is 2.56. The minimum Gasteiger partial charge on any atom is -0.348 e. The fraction of sp³-hybridized carbons (Fsp3) is 0.500. The van der Waals surface area contributed by atoms with E-state index in [0.717, 1.165) is 18.1 Å². The van der Waals surface area contributed by atoms with Gasteiger partial charge in [0.2, 0.25) is 0 Å². The molecule has 0 amide bonds. The Morgan fingerprint density at radius 3 is 2.58 bits per heavy atom. The van der Waals surface area contributed by atoms with Crippen LogP contribution in [0.2, 0.25) is 0 Å². The number of hydrogen-bond donors (Lipinski definition) is 1. The molecule has 0 aliphatic heterocycles. The van der Waals surface area contributed by atoms with Crippen molar-refractivity contribution in [3.05, 3.63) is 23.9 Å². The van der Waals surface area contributed by atoms with Gasteiger partial charge in [0.1, 0.15) is 0 Å². The average Bonchev–Trinajstić information content (AvgIpc) is 2.01. The van der Waals surface area contributed by atoms with Crippen LogP contribution in [0.3, 0.4) is 0 Å². The van der Waals surface area contributed by atoms with Gasteiger partial charge < -0.3 is 5.32 Å². The van der Waals surface area contributed by atoms with E-state index in [-0.39, 0.29) is 0 Å². The summed E-state index contributed by atoms with van der Waals surface area (Å²) < 4.78 is 0. The van der Waals surface area contributed by atoms with Gasteiger partial charge >= 0.3 is 0 Å². The van der Waals surface area contributed by atoms with Crippen molar-refractivity contribution < 1.29 is 0 Å². The Kier molecular flexibility index (Phi) is 6.07. The van der Waals surface area contributed by atoms with Gasteiger partial charge in [0.05, 0.1) is 5.84 Å². The molecule has 2 heteroatoms. The molecule has 0 atom stereocenters. The molecule has 0 aliphatic carbocycles. The predicted octanol–water partition coefficient (Wildman–Crippen LogP) is 2.49. The van der Waals surface area contributed by atoms with Crippen LogP contribution in [0, 0.1) is 0 Å². The van der Waals surface area contributed by atoms with E-state index >= 15 is 0 Å². The van der Waals surface area contributed by atoms with Crippen LogP contribution in [-0.2, 0) is 0 Å². The first kappa shape index (κ1) is 11.0. The summed E-state index contributed by atoms with van der Waals surface area (Å²) in [7, 11) is 0. The highest BCUT2D eigenvalue weighted by Crippen LogP contribution is 1.88. The van der Waals surface area contributed by atoms with Crippen molar-refractivity contribution in [1.29, 1.82) is 0 Å². The number of nitrogens with one attached hydrogen (secondary N) is 1. The number of amidine groups is 1. The Balaban J connectivity index is 3.99. The Morgan fingerprint density at radius 1 is 1.42 bits per heavy atom. The lowest BCUT2D eigenvalue weighted by Gasteiger charge is -2.03. The molecule has 0 radical (unpaired) electrons. The number of allylic oxidation sites excluding steroid dienone is 4. The van der Waals surface area contributed by atoms with Crippen LogP contribution in [0.15, 0.2) is 28.9 Å². The number of hydrogen-bond acceptors (Lipinski definition) is 1. The normalized spacial score (nSPS) is 14.0. The zero-order valence-corrected chi connectivity index (χ0v) is 8.39. The van der Waals surface area contributed by atoms with Crippen LogP contribution in [0.4, 0.5) is 0 Å². The fourth-order valence-electron chi connectivity index (χ4n) is 0.844. The van der Waals surface area contributed by atoms with Crippen LogP contribution in [0.5, 0.6) is 0 Å². The minimum absolute atomic E-state index is 0.829. The molecule has 0 saturated carbocycles. The maximum absolute atomic E-state index is 4.21. The summed E-state index contributed by atoms with van der Waals surface area (Å²) in [4.78, 5) is 4.21. The Hall–Kier alpha value is -1.05. The van der Waals surface area contributed by atoms with Crippen molar-refractivity contribution in [3.8, 4) is 0 Å². The molecule has 0 bridgehead atoms. The van der Waals surface area contributed by atoms with Gasteiger partial charge in [0.15, 0.2) is 0 Å². The minimum atomic E-state index is 0.829. The lowest BCUT2D eigenvalue weighted by molar-refractivity contribution is 1.04. The van der Waals surface area contributed by atoms with E-state index in [1.165, 1.54) is 0 Å². The van der Waals surface area contributed by atoms with Crippen molar-refractivity contribution in [2.45, 2.75) is 27.7 Å². The molecule has 0 spiro atoms. The molecule has 0 rings (SSSR count). The van der Waals surface area contributed by atoms with E-state index in [4.69, 9.17) is 0 Å². The fourth-order valence-corrected chi connectivity index (χ4v) is 0.844. The van der Waals surface area contributed by atoms with Crippen LogP contribution in [0.25, 0.3) is 0 Å². The topological polar surface area (TPSA) is 24.4 Å². The number of aliphatic imine (C=N–C) groups is 1. The zero-order chi connectivity index (χ0) is 9.40. The van der Waals surface area contributed by atoms with E-state index < -0.39 is 0 Å². The molecule has 68 valence electrons. The Morgan fingerprint density at radius 2 is 2.08 bits per heavy atom. The van der Waals surface area contributed by atoms with Gasteiger partial charge in [-0.2, -0.15) is 0 Å². The highest BCUT2D eigenvalue weighted by Gasteiger charge is 1.87. The summed E-state index contributed by atoms with van der Waals surface area (Å²) in [6.45, 7) is 8.84. The first-order valence-electron chi connectivity index (χ1n) is 4.28. The van der Waals surface area contributed by atoms with Gasteiger partial charge in [-0.05, 0) is 33.8 Å². The Bertz CT molecular complexity index is 200. The predicted molar refractivity (Wildman–Crippen MR) is 55.4 cm³/mol. The molecule has 0 aromatic carbocycles. The zero-order valence-electron chi connectivity index (χ0n) is 8.39. The second-order valence-electron chi connectivity index (χ2n) is 2.56. The molecule has 0 aromatic heterocycles. The van der Waals surface area contributed by atoms with Crippen molar-refractivity contribution in [2.75, 3.05) is 6.54 Å². The lowest BCUT2D eigenvalue weighted by atomic mass is 10.4. The van der Waals surface area contributed by atoms with Crippen LogP contribution >= 0.6 is 0 Å². The van der Waals surface area contributed by atoms with Crippen molar-refractivity contribution in [2.24, 2.45) is 4.99 Å². The van der Waals surface area contributed by atoms with E-state index in [1.54, 1.807) is 0 Å². The summed E-state index contributed by atoms with van der Waals surface area (Å²) in [5.74, 6) is 0.968. The SMILES string of the molecule is C/C=C/C=C(/C)N/C(C)=N/CC. The third kappa shape index (κ3) is 5.71. The maximum atomic E-state index is 4.21. The number of rotatable bonds is 3. The summed E-state index contributed by atoms with van der Waals surface area (Å²) in [5, 5.41) is 3.18. The molecule has 0 heterocycles. The molecule has 0 unspecified atom stereocenters. The smallest absolute Gasteiger partial charge is 0.0972 e. The van der Waals surface area contributed by atoms with E-state index in [9.17, 15) is 0 Å². The monoisotopic (exact) mass is 166 g/mol.